The predicted molar refractivity (Wildman–Crippen MR) is 48.5 cm³/mol. The van der Waals surface area contributed by atoms with Crippen molar-refractivity contribution in [3.8, 4) is 0 Å². The van der Waals surface area contributed by atoms with E-state index in [0.717, 1.165) is 0 Å². The summed E-state index contributed by atoms with van der Waals surface area (Å²) in [6.07, 6.45) is 0. The Morgan fingerprint density at radius 3 is 1.29 bits per heavy atom. The second-order valence-corrected chi connectivity index (χ2v) is 5.69. The molecule has 0 fully saturated rings. The Balaban J connectivity index is 3.56. The van der Waals surface area contributed by atoms with E-state index < -0.39 is 31.1 Å². The van der Waals surface area contributed by atoms with E-state index in [1.807, 2.05) is 0 Å². The van der Waals surface area contributed by atoms with Crippen LogP contribution in [0.1, 0.15) is 0 Å². The Morgan fingerprint density at radius 1 is 0.824 bits per heavy atom. The standard InChI is InChI=1S/C6HF6N4P/c1-13-3-4(14-2)16-17(15-3,5(7,8)9)6(10,11)12/h17H. The number of hydrogen-bond donors (Lipinski definition) is 0. The second-order valence-electron chi connectivity index (χ2n) is 2.76. The van der Waals surface area contributed by atoms with Gasteiger partial charge >= 0.3 is 89.8 Å². The molecule has 0 saturated carbocycles. The summed E-state index contributed by atoms with van der Waals surface area (Å²) in [6.45, 7) is 12.8. The van der Waals surface area contributed by atoms with Gasteiger partial charge in [0.05, 0.1) is 0 Å². The van der Waals surface area contributed by atoms with Crippen LogP contribution >= 0.6 is 7.56 Å². The SMILES string of the molecule is [C-]#[N+]C1=N[PH](C(F)(F)F)(C(F)(F)F)N=C1[N+]#[C-]. The molecule has 17 heavy (non-hydrogen) atoms. The van der Waals surface area contributed by atoms with Crippen molar-refractivity contribution in [3.05, 3.63) is 22.8 Å². The van der Waals surface area contributed by atoms with Gasteiger partial charge in [-0.25, -0.2) is 0 Å². The first kappa shape index (κ1) is 13.4. The number of nitrogens with zero attached hydrogens (tertiary/aromatic N) is 4. The number of alkyl halides is 6. The maximum absolute atomic E-state index is 12.5. The molecular weight excluding hydrogens is 273 g/mol. The normalized spacial score (nSPS) is 20.9. The van der Waals surface area contributed by atoms with E-state index in [1.165, 1.54) is 0 Å². The van der Waals surface area contributed by atoms with Gasteiger partial charge in [0, 0.05) is 0 Å². The average molecular weight is 274 g/mol. The van der Waals surface area contributed by atoms with Crippen LogP contribution in [0.4, 0.5) is 26.3 Å². The fourth-order valence-corrected chi connectivity index (χ4v) is 2.79. The van der Waals surface area contributed by atoms with Gasteiger partial charge in [0.1, 0.15) is 0 Å². The summed E-state index contributed by atoms with van der Waals surface area (Å²) in [7, 11) is -6.46. The first-order valence-electron chi connectivity index (χ1n) is 3.67. The third-order valence-electron chi connectivity index (χ3n) is 1.74. The number of amidine groups is 2. The predicted octanol–water partition coefficient (Wildman–Crippen LogP) is 3.26. The number of halogens is 6. The van der Waals surface area contributed by atoms with Crippen LogP contribution in [0, 0.1) is 13.1 Å². The summed E-state index contributed by atoms with van der Waals surface area (Å²) in [4.78, 5) is 4.70. The van der Waals surface area contributed by atoms with Crippen LogP contribution in [-0.2, 0) is 0 Å². The molecule has 0 aromatic rings. The van der Waals surface area contributed by atoms with Crippen LogP contribution < -0.4 is 0 Å². The van der Waals surface area contributed by atoms with Gasteiger partial charge in [0.2, 0.25) is 0 Å². The number of hydrogen-bond acceptors (Lipinski definition) is 2. The van der Waals surface area contributed by atoms with E-state index in [4.69, 9.17) is 13.1 Å². The van der Waals surface area contributed by atoms with Crippen LogP contribution in [0.15, 0.2) is 9.53 Å². The molecule has 0 radical (unpaired) electrons. The van der Waals surface area contributed by atoms with Crippen LogP contribution in [0.25, 0.3) is 9.69 Å². The average Bonchev–Trinajstić information content (AvgIpc) is 2.55. The molecule has 4 nitrogen and oxygen atoms in total. The van der Waals surface area contributed by atoms with Crippen LogP contribution in [-0.4, -0.2) is 23.5 Å². The van der Waals surface area contributed by atoms with Crippen molar-refractivity contribution in [2.75, 3.05) is 0 Å². The summed E-state index contributed by atoms with van der Waals surface area (Å²) in [6, 6.07) is 0. The van der Waals surface area contributed by atoms with Gasteiger partial charge < -0.3 is 0 Å². The van der Waals surface area contributed by atoms with Crippen molar-refractivity contribution in [1.82, 2.24) is 0 Å². The molecule has 0 spiro atoms. The molecule has 1 rings (SSSR count). The Morgan fingerprint density at radius 2 is 1.12 bits per heavy atom. The third kappa shape index (κ3) is 1.85. The molecule has 1 heterocycles. The van der Waals surface area contributed by atoms with Crippen molar-refractivity contribution in [2.24, 2.45) is 9.53 Å². The van der Waals surface area contributed by atoms with E-state index in [0.29, 0.717) is 0 Å². The molecule has 0 aromatic carbocycles. The van der Waals surface area contributed by atoms with Crippen molar-refractivity contribution in [3.63, 3.8) is 0 Å². The molecule has 1 aliphatic rings. The molecule has 92 valence electrons. The summed E-state index contributed by atoms with van der Waals surface area (Å²) in [5.41, 5.74) is 0. The van der Waals surface area contributed by atoms with E-state index in [-0.39, 0.29) is 0 Å². The fourth-order valence-electron chi connectivity index (χ4n) is 0.996. The van der Waals surface area contributed by atoms with Gasteiger partial charge in [-0.3, -0.25) is 0 Å². The molecule has 0 aliphatic carbocycles. The second kappa shape index (κ2) is 3.67. The van der Waals surface area contributed by atoms with Crippen molar-refractivity contribution in [1.29, 1.82) is 0 Å². The monoisotopic (exact) mass is 274 g/mol. The van der Waals surface area contributed by atoms with E-state index in [1.54, 1.807) is 0 Å². The van der Waals surface area contributed by atoms with Gasteiger partial charge in [-0.2, -0.15) is 0 Å². The summed E-state index contributed by atoms with van der Waals surface area (Å²) >= 11 is 0. The zero-order valence-corrected chi connectivity index (χ0v) is 8.56. The summed E-state index contributed by atoms with van der Waals surface area (Å²) < 4.78 is 79.5. The van der Waals surface area contributed by atoms with Crippen LogP contribution in [0.2, 0.25) is 0 Å². The van der Waals surface area contributed by atoms with E-state index in [9.17, 15) is 26.3 Å². The molecule has 11 heteroatoms. The minimum absolute atomic E-state index is 1.23. The van der Waals surface area contributed by atoms with Crippen molar-refractivity contribution < 1.29 is 26.3 Å². The molecule has 0 unspecified atom stereocenters. The van der Waals surface area contributed by atoms with Crippen LogP contribution in [0.3, 0.4) is 0 Å². The quantitative estimate of drug-likeness (QED) is 0.369. The topological polar surface area (TPSA) is 33.4 Å². The van der Waals surface area contributed by atoms with Crippen LogP contribution in [0.5, 0.6) is 0 Å². The molecule has 0 aromatic heterocycles. The van der Waals surface area contributed by atoms with E-state index in [2.05, 4.69) is 19.2 Å². The molecule has 0 saturated heterocycles. The Bertz CT molecular complexity index is 441. The molecule has 0 N–H and O–H groups in total. The zero-order valence-electron chi connectivity index (χ0n) is 7.56. The molecule has 0 amide bonds. The first-order valence-corrected chi connectivity index (χ1v) is 5.57. The van der Waals surface area contributed by atoms with Gasteiger partial charge in [-0.15, -0.1) is 0 Å². The first-order chi connectivity index (χ1) is 7.59. The zero-order chi connectivity index (χ0) is 13.5. The molecule has 0 bridgehead atoms. The fraction of sp³-hybridized carbons (Fsp3) is 0.333. The van der Waals surface area contributed by atoms with Gasteiger partial charge in [-0.05, 0) is 0 Å². The van der Waals surface area contributed by atoms with Gasteiger partial charge in [-0.1, -0.05) is 0 Å². The molecule has 0 atom stereocenters. The van der Waals surface area contributed by atoms with E-state index >= 15 is 0 Å². The van der Waals surface area contributed by atoms with Crippen molar-refractivity contribution in [2.45, 2.75) is 11.8 Å². The molecule has 1 aliphatic heterocycles. The third-order valence-corrected chi connectivity index (χ3v) is 4.39. The summed E-state index contributed by atoms with van der Waals surface area (Å²) in [5.74, 6) is -13.9. The Labute approximate surface area is 90.7 Å². The Kier molecular flexibility index (Phi) is 2.89. The maximum atomic E-state index is 12.5. The van der Waals surface area contributed by atoms with Crippen molar-refractivity contribution >= 4 is 19.2 Å². The minimum atomic E-state index is -6.46. The van der Waals surface area contributed by atoms with Gasteiger partial charge in [0.15, 0.2) is 0 Å². The van der Waals surface area contributed by atoms with Gasteiger partial charge in [0.25, 0.3) is 0 Å². The summed E-state index contributed by atoms with van der Waals surface area (Å²) in [5, 5.41) is 0. The Hall–Kier alpha value is -1.67. The number of rotatable bonds is 0. The molecular formula is C6HF6N4P.